The number of nitrogens with one attached hydrogen (secondary N) is 2. The van der Waals surface area contributed by atoms with Gasteiger partial charge in [0.25, 0.3) is 5.56 Å². The quantitative estimate of drug-likeness (QED) is 0.468. The zero-order valence-corrected chi connectivity index (χ0v) is 17.5. The number of aromatic nitrogens is 2. The van der Waals surface area contributed by atoms with Crippen LogP contribution in [0.5, 0.6) is 0 Å². The molecule has 0 aliphatic heterocycles. The molecule has 0 spiro atoms. The zero-order valence-electron chi connectivity index (χ0n) is 16.7. The largest absolute Gasteiger partial charge is 0.354 e. The minimum absolute atomic E-state index is 0.0856. The summed E-state index contributed by atoms with van der Waals surface area (Å²) in [7, 11) is 0. The van der Waals surface area contributed by atoms with Crippen molar-refractivity contribution >= 4 is 34.5 Å². The number of rotatable bonds is 10. The molecule has 1 atom stereocenters. The first-order valence-electron chi connectivity index (χ1n) is 9.67. The summed E-state index contributed by atoms with van der Waals surface area (Å²) in [6.45, 7) is 6.82. The van der Waals surface area contributed by atoms with Gasteiger partial charge in [0, 0.05) is 13.1 Å². The van der Waals surface area contributed by atoms with E-state index < -0.39 is 6.04 Å². The molecule has 8 heteroatoms. The Morgan fingerprint density at radius 3 is 2.68 bits per heavy atom. The molecule has 0 fully saturated rings. The van der Waals surface area contributed by atoms with Gasteiger partial charge in [0.15, 0.2) is 5.16 Å². The first kappa shape index (κ1) is 21.9. The first-order valence-corrected chi connectivity index (χ1v) is 10.7. The molecule has 0 aliphatic carbocycles. The Morgan fingerprint density at radius 2 is 1.96 bits per heavy atom. The lowest BCUT2D eigenvalue weighted by atomic mass is 10.2. The van der Waals surface area contributed by atoms with Crippen molar-refractivity contribution in [1.29, 1.82) is 0 Å². The fraction of sp³-hybridized carbons (Fsp3) is 0.500. The van der Waals surface area contributed by atoms with Crippen LogP contribution in [0.3, 0.4) is 0 Å². The van der Waals surface area contributed by atoms with Gasteiger partial charge in [0.1, 0.15) is 6.04 Å². The van der Waals surface area contributed by atoms with Gasteiger partial charge in [-0.2, -0.15) is 0 Å². The number of para-hydroxylation sites is 1. The summed E-state index contributed by atoms with van der Waals surface area (Å²) < 4.78 is 1.64. The van der Waals surface area contributed by atoms with E-state index in [0.29, 0.717) is 29.1 Å². The maximum atomic E-state index is 12.8. The van der Waals surface area contributed by atoms with Crippen molar-refractivity contribution in [2.45, 2.75) is 57.8 Å². The highest BCUT2D eigenvalue weighted by atomic mass is 32.2. The number of hydrogen-bond donors (Lipinski definition) is 2. The molecular weight excluding hydrogens is 376 g/mol. The van der Waals surface area contributed by atoms with Crippen molar-refractivity contribution in [2.24, 2.45) is 0 Å². The third-order valence-corrected chi connectivity index (χ3v) is 5.19. The highest BCUT2D eigenvalue weighted by Crippen LogP contribution is 2.18. The van der Waals surface area contributed by atoms with Crippen LogP contribution in [0.25, 0.3) is 10.9 Å². The molecule has 0 saturated carbocycles. The van der Waals surface area contributed by atoms with E-state index in [1.165, 1.54) is 11.8 Å². The van der Waals surface area contributed by atoms with E-state index in [-0.39, 0.29) is 23.1 Å². The van der Waals surface area contributed by atoms with E-state index in [9.17, 15) is 14.4 Å². The van der Waals surface area contributed by atoms with E-state index in [2.05, 4.69) is 22.5 Å². The van der Waals surface area contributed by atoms with Gasteiger partial charge >= 0.3 is 0 Å². The summed E-state index contributed by atoms with van der Waals surface area (Å²) in [5.41, 5.74) is 0.532. The Balaban J connectivity index is 2.11. The van der Waals surface area contributed by atoms with Crippen LogP contribution < -0.4 is 16.2 Å². The first-order chi connectivity index (χ1) is 13.5. The maximum absolute atomic E-state index is 12.8. The zero-order chi connectivity index (χ0) is 20.5. The summed E-state index contributed by atoms with van der Waals surface area (Å²) in [5, 5.41) is 6.54. The van der Waals surface area contributed by atoms with Crippen LogP contribution in [0.4, 0.5) is 0 Å². The Labute approximate surface area is 169 Å². The molecule has 2 N–H and O–H groups in total. The molecule has 7 nitrogen and oxygen atoms in total. The van der Waals surface area contributed by atoms with Gasteiger partial charge in [0.2, 0.25) is 11.8 Å². The number of thioether (sulfide) groups is 1. The standard InChI is InChI=1S/C20H28N4O3S/c1-4-6-12-24-19(27)15-9-7-8-10-16(15)23-20(24)28-13-17(25)22-14(3)18(26)21-11-5-2/h7-10,14H,4-6,11-13H2,1-3H3,(H,21,26)(H,22,25)/t14-/m1/s1. The number of hydrogen-bond acceptors (Lipinski definition) is 5. The Morgan fingerprint density at radius 1 is 1.21 bits per heavy atom. The molecule has 0 aliphatic rings. The number of unbranched alkanes of at least 4 members (excludes halogenated alkanes) is 1. The molecule has 0 radical (unpaired) electrons. The number of fused-ring (bicyclic) bond motifs is 1. The molecule has 28 heavy (non-hydrogen) atoms. The summed E-state index contributed by atoms with van der Waals surface area (Å²) in [4.78, 5) is 41.5. The summed E-state index contributed by atoms with van der Waals surface area (Å²) in [6, 6.07) is 6.62. The monoisotopic (exact) mass is 404 g/mol. The van der Waals surface area contributed by atoms with Crippen LogP contribution >= 0.6 is 11.8 Å². The van der Waals surface area contributed by atoms with Crippen LogP contribution in [0.15, 0.2) is 34.2 Å². The molecule has 1 aromatic carbocycles. The summed E-state index contributed by atoms with van der Waals surface area (Å²) >= 11 is 1.21. The number of amides is 2. The Hall–Kier alpha value is -2.35. The smallest absolute Gasteiger partial charge is 0.262 e. The number of carbonyl (C=O) groups is 2. The van der Waals surface area contributed by atoms with Crippen molar-refractivity contribution in [1.82, 2.24) is 20.2 Å². The fourth-order valence-electron chi connectivity index (χ4n) is 2.65. The van der Waals surface area contributed by atoms with Crippen molar-refractivity contribution in [3.63, 3.8) is 0 Å². The second-order valence-corrected chi connectivity index (χ2v) is 7.53. The lowest BCUT2D eigenvalue weighted by Gasteiger charge is -2.15. The van der Waals surface area contributed by atoms with E-state index in [1.807, 2.05) is 19.1 Å². The molecule has 2 rings (SSSR count). The van der Waals surface area contributed by atoms with E-state index in [4.69, 9.17) is 0 Å². The van der Waals surface area contributed by atoms with Gasteiger partial charge in [-0.3, -0.25) is 19.0 Å². The molecule has 1 aromatic heterocycles. The molecule has 152 valence electrons. The van der Waals surface area contributed by atoms with Crippen molar-refractivity contribution < 1.29 is 9.59 Å². The Bertz CT molecular complexity index is 881. The second-order valence-electron chi connectivity index (χ2n) is 6.59. The van der Waals surface area contributed by atoms with E-state index in [1.54, 1.807) is 23.6 Å². The van der Waals surface area contributed by atoms with Crippen molar-refractivity contribution in [3.05, 3.63) is 34.6 Å². The number of carbonyl (C=O) groups excluding carboxylic acids is 2. The van der Waals surface area contributed by atoms with Gasteiger partial charge in [-0.15, -0.1) is 0 Å². The van der Waals surface area contributed by atoms with Gasteiger partial charge in [-0.05, 0) is 31.9 Å². The van der Waals surface area contributed by atoms with Crippen molar-refractivity contribution in [2.75, 3.05) is 12.3 Å². The average Bonchev–Trinajstić information content (AvgIpc) is 2.69. The molecule has 1 heterocycles. The molecule has 2 aromatic rings. The van der Waals surface area contributed by atoms with Crippen LogP contribution in [0, 0.1) is 0 Å². The van der Waals surface area contributed by atoms with Crippen molar-refractivity contribution in [3.8, 4) is 0 Å². The number of benzene rings is 1. The molecule has 2 amide bonds. The second kappa shape index (κ2) is 10.8. The summed E-state index contributed by atoms with van der Waals surface area (Å²) in [6.07, 6.45) is 2.65. The normalized spacial score (nSPS) is 12.0. The molecule has 0 bridgehead atoms. The predicted octanol–water partition coefficient (Wildman–Crippen LogP) is 2.32. The third kappa shape index (κ3) is 5.82. The van der Waals surface area contributed by atoms with Crippen LogP contribution in [0.2, 0.25) is 0 Å². The number of nitrogens with zero attached hydrogens (tertiary/aromatic N) is 2. The summed E-state index contributed by atoms with van der Waals surface area (Å²) in [5.74, 6) is -0.389. The topological polar surface area (TPSA) is 93.1 Å². The van der Waals surface area contributed by atoms with Gasteiger partial charge in [-0.1, -0.05) is 44.2 Å². The van der Waals surface area contributed by atoms with E-state index in [0.717, 1.165) is 19.3 Å². The SMILES string of the molecule is CCCCn1c(SCC(=O)N[C@H](C)C(=O)NCCC)nc2ccccc2c1=O. The average molecular weight is 405 g/mol. The highest BCUT2D eigenvalue weighted by Gasteiger charge is 2.17. The minimum Gasteiger partial charge on any atom is -0.354 e. The maximum Gasteiger partial charge on any atom is 0.262 e. The lowest BCUT2D eigenvalue weighted by Crippen LogP contribution is -2.45. The minimum atomic E-state index is -0.605. The molecule has 0 saturated heterocycles. The highest BCUT2D eigenvalue weighted by molar-refractivity contribution is 7.99. The molecule has 0 unspecified atom stereocenters. The third-order valence-electron chi connectivity index (χ3n) is 4.21. The van der Waals surface area contributed by atoms with Crippen LogP contribution in [-0.4, -0.2) is 39.7 Å². The lowest BCUT2D eigenvalue weighted by molar-refractivity contribution is -0.127. The fourth-order valence-corrected chi connectivity index (χ4v) is 3.49. The predicted molar refractivity (Wildman–Crippen MR) is 113 cm³/mol. The van der Waals surface area contributed by atoms with Gasteiger partial charge in [-0.25, -0.2) is 4.98 Å². The Kier molecular flexibility index (Phi) is 8.50. The van der Waals surface area contributed by atoms with Gasteiger partial charge < -0.3 is 10.6 Å². The van der Waals surface area contributed by atoms with Crippen LogP contribution in [-0.2, 0) is 16.1 Å². The molecular formula is C20H28N4O3S. The van der Waals surface area contributed by atoms with Gasteiger partial charge in [0.05, 0.1) is 16.7 Å². The van der Waals surface area contributed by atoms with E-state index >= 15 is 0 Å². The van der Waals surface area contributed by atoms with Crippen LogP contribution in [0.1, 0.15) is 40.0 Å².